The standard InChI is InChI=1S/C14H25ClOSi/c1-12(2)9-7-10(12)14(16-17(4,5)6)11(8-9)13(14,3)15/h9-11H,7-8H2,1-6H3/t9-,10+,11-,13-,14-/m0/s1. The second-order valence-electron chi connectivity index (χ2n) is 8.18. The Morgan fingerprint density at radius 2 is 1.59 bits per heavy atom. The summed E-state index contributed by atoms with van der Waals surface area (Å²) in [4.78, 5) is -0.0968. The summed E-state index contributed by atoms with van der Waals surface area (Å²) in [5.41, 5.74) is 0.458. The molecule has 4 aliphatic carbocycles. The molecule has 0 aromatic rings. The number of hydrogen-bond acceptors (Lipinski definition) is 1. The third kappa shape index (κ3) is 1.30. The molecule has 0 amide bonds. The van der Waals surface area contributed by atoms with Gasteiger partial charge in [-0.15, -0.1) is 11.6 Å². The van der Waals surface area contributed by atoms with E-state index in [0.29, 0.717) is 17.3 Å². The summed E-state index contributed by atoms with van der Waals surface area (Å²) < 4.78 is 6.65. The molecule has 4 fully saturated rings. The number of hydrogen-bond donors (Lipinski definition) is 0. The van der Waals surface area contributed by atoms with Crippen molar-refractivity contribution in [2.75, 3.05) is 0 Å². The van der Waals surface area contributed by atoms with E-state index in [2.05, 4.69) is 40.4 Å². The Morgan fingerprint density at radius 1 is 1.06 bits per heavy atom. The lowest BCUT2D eigenvalue weighted by atomic mass is 9.47. The van der Waals surface area contributed by atoms with Crippen LogP contribution in [0.5, 0.6) is 0 Å². The average Bonchev–Trinajstić information content (AvgIpc) is 2.59. The molecule has 98 valence electrons. The fourth-order valence-electron chi connectivity index (χ4n) is 4.82. The van der Waals surface area contributed by atoms with Crippen LogP contribution in [-0.4, -0.2) is 18.8 Å². The Morgan fingerprint density at radius 3 is 2.06 bits per heavy atom. The van der Waals surface area contributed by atoms with Gasteiger partial charge in [0.15, 0.2) is 8.32 Å². The van der Waals surface area contributed by atoms with Crippen molar-refractivity contribution in [3.63, 3.8) is 0 Å². The Bertz CT molecular complexity index is 371. The van der Waals surface area contributed by atoms with Crippen molar-refractivity contribution in [2.45, 2.75) is 63.7 Å². The highest BCUT2D eigenvalue weighted by Crippen LogP contribution is 2.80. The Kier molecular flexibility index (Phi) is 2.18. The number of halogens is 1. The van der Waals surface area contributed by atoms with Gasteiger partial charge >= 0.3 is 0 Å². The van der Waals surface area contributed by atoms with Crippen LogP contribution >= 0.6 is 11.6 Å². The van der Waals surface area contributed by atoms with Crippen LogP contribution in [0.15, 0.2) is 0 Å². The van der Waals surface area contributed by atoms with Crippen molar-refractivity contribution in [3.8, 4) is 0 Å². The minimum atomic E-state index is -1.53. The van der Waals surface area contributed by atoms with E-state index in [1.807, 2.05) is 0 Å². The van der Waals surface area contributed by atoms with Gasteiger partial charge in [0.25, 0.3) is 0 Å². The van der Waals surface area contributed by atoms with Gasteiger partial charge in [-0.3, -0.25) is 0 Å². The van der Waals surface area contributed by atoms with Gasteiger partial charge in [-0.1, -0.05) is 13.8 Å². The highest BCUT2D eigenvalue weighted by Gasteiger charge is 2.85. The number of rotatable bonds is 2. The molecule has 0 aromatic carbocycles. The van der Waals surface area contributed by atoms with E-state index in [4.69, 9.17) is 16.0 Å². The van der Waals surface area contributed by atoms with E-state index in [0.717, 1.165) is 5.92 Å². The molecule has 0 unspecified atom stereocenters. The topological polar surface area (TPSA) is 9.23 Å². The van der Waals surface area contributed by atoms with E-state index in [9.17, 15) is 0 Å². The number of alkyl halides is 1. The van der Waals surface area contributed by atoms with Crippen LogP contribution in [0.2, 0.25) is 19.6 Å². The van der Waals surface area contributed by atoms with Crippen molar-refractivity contribution in [3.05, 3.63) is 0 Å². The Balaban J connectivity index is 1.96. The normalized spacial score (nSPS) is 54.9. The predicted octanol–water partition coefficient (Wildman–Crippen LogP) is 4.27. The smallest absolute Gasteiger partial charge is 0.184 e. The first-order chi connectivity index (χ1) is 7.53. The second-order valence-corrected chi connectivity index (χ2v) is 13.4. The summed E-state index contributed by atoms with van der Waals surface area (Å²) in [6.45, 7) is 13.9. The first kappa shape index (κ1) is 12.5. The van der Waals surface area contributed by atoms with Crippen molar-refractivity contribution in [1.82, 2.24) is 0 Å². The molecule has 2 bridgehead atoms. The van der Waals surface area contributed by atoms with Crippen molar-refractivity contribution in [2.24, 2.45) is 23.2 Å². The van der Waals surface area contributed by atoms with Gasteiger partial charge in [0.1, 0.15) is 0 Å². The zero-order valence-electron chi connectivity index (χ0n) is 11.9. The van der Waals surface area contributed by atoms with Crippen LogP contribution in [-0.2, 0) is 4.43 Å². The molecule has 0 heterocycles. The van der Waals surface area contributed by atoms with Crippen molar-refractivity contribution < 1.29 is 4.43 Å². The molecule has 5 atom stereocenters. The molecule has 4 saturated carbocycles. The van der Waals surface area contributed by atoms with Crippen molar-refractivity contribution >= 4 is 19.9 Å². The minimum Gasteiger partial charge on any atom is -0.410 e. The van der Waals surface area contributed by atoms with Crippen LogP contribution < -0.4 is 0 Å². The molecule has 1 nitrogen and oxygen atoms in total. The predicted molar refractivity (Wildman–Crippen MR) is 74.9 cm³/mol. The lowest BCUT2D eigenvalue weighted by molar-refractivity contribution is -0.145. The molecular weight excluding hydrogens is 248 g/mol. The third-order valence-corrected chi connectivity index (χ3v) is 7.35. The first-order valence-electron chi connectivity index (χ1n) is 6.92. The highest BCUT2D eigenvalue weighted by molar-refractivity contribution is 6.70. The maximum Gasteiger partial charge on any atom is 0.184 e. The van der Waals surface area contributed by atoms with Gasteiger partial charge < -0.3 is 4.43 Å². The molecule has 0 aliphatic heterocycles. The van der Waals surface area contributed by atoms with Crippen LogP contribution in [0.4, 0.5) is 0 Å². The Hall–Kier alpha value is 0.467. The maximum absolute atomic E-state index is 6.82. The Labute approximate surface area is 111 Å². The summed E-state index contributed by atoms with van der Waals surface area (Å²) in [7, 11) is -1.53. The lowest BCUT2D eigenvalue weighted by Crippen LogP contribution is -2.59. The van der Waals surface area contributed by atoms with Crippen LogP contribution in [0.25, 0.3) is 0 Å². The molecular formula is C14H25ClOSi. The zero-order chi connectivity index (χ0) is 12.9. The monoisotopic (exact) mass is 272 g/mol. The van der Waals surface area contributed by atoms with Crippen molar-refractivity contribution in [1.29, 1.82) is 0 Å². The molecule has 0 N–H and O–H groups in total. The molecule has 3 heteroatoms. The van der Waals surface area contributed by atoms with Gasteiger partial charge in [0, 0.05) is 5.92 Å². The maximum atomic E-state index is 6.82. The third-order valence-electron chi connectivity index (χ3n) is 5.84. The first-order valence-corrected chi connectivity index (χ1v) is 10.7. The molecule has 0 spiro atoms. The summed E-state index contributed by atoms with van der Waals surface area (Å²) in [5, 5.41) is 0. The zero-order valence-corrected chi connectivity index (χ0v) is 13.7. The SMILES string of the molecule is CC1(C)[C@H]2C[C@H]1[C@]1(O[Si](C)(C)C)[C@@H](C2)[C@]1(C)Cl. The largest absolute Gasteiger partial charge is 0.410 e. The van der Waals surface area contributed by atoms with Crippen LogP contribution in [0.1, 0.15) is 33.6 Å². The van der Waals surface area contributed by atoms with Gasteiger partial charge in [0.2, 0.25) is 0 Å². The fraction of sp³-hybridized carbons (Fsp3) is 1.00. The van der Waals surface area contributed by atoms with Gasteiger partial charge in [-0.25, -0.2) is 0 Å². The van der Waals surface area contributed by atoms with Crippen LogP contribution in [0, 0.1) is 23.2 Å². The molecule has 4 rings (SSSR count). The molecule has 0 radical (unpaired) electrons. The van der Waals surface area contributed by atoms with Gasteiger partial charge in [0.05, 0.1) is 10.5 Å². The van der Waals surface area contributed by atoms with E-state index >= 15 is 0 Å². The lowest BCUT2D eigenvalue weighted by Gasteiger charge is -2.60. The summed E-state index contributed by atoms with van der Waals surface area (Å²) in [5.74, 6) is 2.18. The fourth-order valence-corrected chi connectivity index (χ4v) is 6.90. The molecule has 4 aliphatic rings. The summed E-state index contributed by atoms with van der Waals surface area (Å²) in [6, 6.07) is 0. The second kappa shape index (κ2) is 2.96. The van der Waals surface area contributed by atoms with E-state index in [1.54, 1.807) is 0 Å². The van der Waals surface area contributed by atoms with Crippen LogP contribution in [0.3, 0.4) is 0 Å². The van der Waals surface area contributed by atoms with Gasteiger partial charge in [-0.05, 0) is 56.7 Å². The molecule has 0 saturated heterocycles. The minimum absolute atomic E-state index is 0.0112. The average molecular weight is 273 g/mol. The van der Waals surface area contributed by atoms with E-state index < -0.39 is 8.32 Å². The molecule has 0 aromatic heterocycles. The molecule has 17 heavy (non-hydrogen) atoms. The van der Waals surface area contributed by atoms with E-state index in [-0.39, 0.29) is 10.5 Å². The van der Waals surface area contributed by atoms with Gasteiger partial charge in [-0.2, -0.15) is 0 Å². The summed E-state index contributed by atoms with van der Waals surface area (Å²) in [6.07, 6.45) is 2.63. The summed E-state index contributed by atoms with van der Waals surface area (Å²) >= 11 is 6.82. The quantitative estimate of drug-likeness (QED) is 0.539. The van der Waals surface area contributed by atoms with E-state index in [1.165, 1.54) is 12.8 Å². The highest BCUT2D eigenvalue weighted by atomic mass is 35.5.